The van der Waals surface area contributed by atoms with E-state index in [4.69, 9.17) is 9.88 Å². The standard InChI is InChI=1S/C22H22N2O4S/c1-28-21-13-12-18(29(23,26)27)15-19(21)22(25)24-20(17-10-6-3-7-11-17)14-16-8-4-2-5-9-16/h2-13,15,20H,14H2,1H3,(H,24,25)(H2,23,26,27). The predicted molar refractivity (Wildman–Crippen MR) is 111 cm³/mol. The van der Waals surface area contributed by atoms with Crippen molar-refractivity contribution < 1.29 is 17.9 Å². The molecule has 0 aliphatic heterocycles. The lowest BCUT2D eigenvalue weighted by atomic mass is 9.98. The van der Waals surface area contributed by atoms with E-state index < -0.39 is 15.9 Å². The smallest absolute Gasteiger partial charge is 0.255 e. The normalized spacial score (nSPS) is 12.2. The molecule has 3 aromatic rings. The molecule has 0 radical (unpaired) electrons. The molecule has 0 saturated heterocycles. The van der Waals surface area contributed by atoms with Gasteiger partial charge in [-0.3, -0.25) is 4.79 Å². The summed E-state index contributed by atoms with van der Waals surface area (Å²) in [5.41, 5.74) is 2.10. The number of nitrogens with one attached hydrogen (secondary N) is 1. The van der Waals surface area contributed by atoms with Crippen LogP contribution in [0.25, 0.3) is 0 Å². The highest BCUT2D eigenvalue weighted by Crippen LogP contribution is 2.24. The third kappa shape index (κ3) is 5.22. The van der Waals surface area contributed by atoms with Gasteiger partial charge in [0.25, 0.3) is 5.91 Å². The number of primary sulfonamides is 1. The van der Waals surface area contributed by atoms with Crippen molar-refractivity contribution in [3.05, 3.63) is 95.6 Å². The van der Waals surface area contributed by atoms with E-state index in [0.29, 0.717) is 6.42 Å². The van der Waals surface area contributed by atoms with Gasteiger partial charge in [0.1, 0.15) is 5.75 Å². The Kier molecular flexibility index (Phi) is 6.31. The Morgan fingerprint density at radius 2 is 1.62 bits per heavy atom. The molecule has 0 saturated carbocycles. The van der Waals surface area contributed by atoms with Gasteiger partial charge in [-0.1, -0.05) is 60.7 Å². The van der Waals surface area contributed by atoms with E-state index in [1.807, 2.05) is 60.7 Å². The first-order chi connectivity index (χ1) is 13.9. The van der Waals surface area contributed by atoms with E-state index in [1.165, 1.54) is 25.3 Å². The molecule has 0 aliphatic carbocycles. The summed E-state index contributed by atoms with van der Waals surface area (Å²) in [5, 5.41) is 8.21. The summed E-state index contributed by atoms with van der Waals surface area (Å²) < 4.78 is 28.6. The van der Waals surface area contributed by atoms with Gasteiger partial charge in [0, 0.05) is 0 Å². The van der Waals surface area contributed by atoms with Gasteiger partial charge in [-0.25, -0.2) is 13.6 Å². The maximum atomic E-state index is 13.1. The minimum absolute atomic E-state index is 0.105. The van der Waals surface area contributed by atoms with E-state index in [0.717, 1.165) is 11.1 Å². The summed E-state index contributed by atoms with van der Waals surface area (Å²) in [4.78, 5) is 12.9. The number of benzene rings is 3. The molecule has 3 aromatic carbocycles. The molecule has 0 spiro atoms. The number of sulfonamides is 1. The van der Waals surface area contributed by atoms with Crippen molar-refractivity contribution in [2.75, 3.05) is 7.11 Å². The predicted octanol–water partition coefficient (Wildman–Crippen LogP) is 3.06. The summed E-state index contributed by atoms with van der Waals surface area (Å²) in [7, 11) is -2.53. The highest BCUT2D eigenvalue weighted by Gasteiger charge is 2.21. The fourth-order valence-electron chi connectivity index (χ4n) is 3.06. The quantitative estimate of drug-likeness (QED) is 0.625. The fraction of sp³-hybridized carbons (Fsp3) is 0.136. The number of carbonyl (C=O) groups excluding carboxylic acids is 1. The molecule has 0 aliphatic rings. The van der Waals surface area contributed by atoms with Crippen LogP contribution in [0.1, 0.15) is 27.5 Å². The minimum Gasteiger partial charge on any atom is -0.496 e. The van der Waals surface area contributed by atoms with Gasteiger partial charge in [-0.2, -0.15) is 0 Å². The van der Waals surface area contributed by atoms with E-state index in [-0.39, 0.29) is 22.3 Å². The molecule has 7 heteroatoms. The highest BCUT2D eigenvalue weighted by atomic mass is 32.2. The molecule has 1 atom stereocenters. The second kappa shape index (κ2) is 8.89. The van der Waals surface area contributed by atoms with Crippen LogP contribution in [0.2, 0.25) is 0 Å². The van der Waals surface area contributed by atoms with Crippen LogP contribution in [-0.4, -0.2) is 21.4 Å². The number of rotatable bonds is 7. The fourth-order valence-corrected chi connectivity index (χ4v) is 3.60. The Hall–Kier alpha value is -3.16. The maximum Gasteiger partial charge on any atom is 0.255 e. The van der Waals surface area contributed by atoms with Gasteiger partial charge in [0.2, 0.25) is 10.0 Å². The molecular weight excluding hydrogens is 388 g/mol. The molecule has 0 aromatic heterocycles. The minimum atomic E-state index is -3.95. The Labute approximate surface area is 170 Å². The average molecular weight is 410 g/mol. The number of carbonyl (C=O) groups is 1. The second-order valence-corrected chi connectivity index (χ2v) is 8.09. The Balaban J connectivity index is 1.94. The van der Waals surface area contributed by atoms with E-state index in [2.05, 4.69) is 5.32 Å². The van der Waals surface area contributed by atoms with Gasteiger partial charge >= 0.3 is 0 Å². The molecular formula is C22H22N2O4S. The van der Waals surface area contributed by atoms with Crippen LogP contribution in [0.15, 0.2) is 83.8 Å². The van der Waals surface area contributed by atoms with Crippen LogP contribution >= 0.6 is 0 Å². The van der Waals surface area contributed by atoms with Crippen molar-refractivity contribution in [1.29, 1.82) is 0 Å². The third-order valence-electron chi connectivity index (χ3n) is 4.53. The van der Waals surface area contributed by atoms with Crippen LogP contribution in [0.5, 0.6) is 5.75 Å². The molecule has 0 fully saturated rings. The van der Waals surface area contributed by atoms with Gasteiger partial charge in [-0.05, 0) is 35.7 Å². The zero-order chi connectivity index (χ0) is 20.9. The molecule has 0 bridgehead atoms. The van der Waals surface area contributed by atoms with Crippen molar-refractivity contribution in [3.8, 4) is 5.75 Å². The maximum absolute atomic E-state index is 13.1. The molecule has 3 rings (SSSR count). The lowest BCUT2D eigenvalue weighted by Crippen LogP contribution is -2.30. The van der Waals surface area contributed by atoms with Gasteiger partial charge in [0.15, 0.2) is 0 Å². The Bertz CT molecular complexity index is 1080. The summed E-state index contributed by atoms with van der Waals surface area (Å²) in [6.45, 7) is 0. The van der Waals surface area contributed by atoms with Gasteiger partial charge < -0.3 is 10.1 Å². The van der Waals surface area contributed by atoms with Crippen LogP contribution in [-0.2, 0) is 16.4 Å². The third-order valence-corrected chi connectivity index (χ3v) is 5.45. The summed E-state index contributed by atoms with van der Waals surface area (Å²) >= 11 is 0. The zero-order valence-corrected chi connectivity index (χ0v) is 16.7. The van der Waals surface area contributed by atoms with Crippen molar-refractivity contribution >= 4 is 15.9 Å². The number of nitrogens with two attached hydrogens (primary N) is 1. The monoisotopic (exact) mass is 410 g/mol. The van der Waals surface area contributed by atoms with Crippen LogP contribution in [0.4, 0.5) is 0 Å². The summed E-state index contributed by atoms with van der Waals surface area (Å²) in [6.07, 6.45) is 0.577. The number of amides is 1. The number of ether oxygens (including phenoxy) is 1. The van der Waals surface area contributed by atoms with E-state index in [9.17, 15) is 13.2 Å². The van der Waals surface area contributed by atoms with E-state index in [1.54, 1.807) is 0 Å². The Morgan fingerprint density at radius 1 is 1.00 bits per heavy atom. The van der Waals surface area contributed by atoms with Gasteiger partial charge in [0.05, 0.1) is 23.6 Å². The van der Waals surface area contributed by atoms with E-state index >= 15 is 0 Å². The summed E-state index contributed by atoms with van der Waals surface area (Å²) in [6, 6.07) is 23.0. The molecule has 1 unspecified atom stereocenters. The lowest BCUT2D eigenvalue weighted by Gasteiger charge is -2.20. The number of hydrogen-bond donors (Lipinski definition) is 2. The highest BCUT2D eigenvalue weighted by molar-refractivity contribution is 7.89. The topological polar surface area (TPSA) is 98.5 Å². The lowest BCUT2D eigenvalue weighted by molar-refractivity contribution is 0.0933. The zero-order valence-electron chi connectivity index (χ0n) is 15.9. The first-order valence-corrected chi connectivity index (χ1v) is 10.5. The van der Waals surface area contributed by atoms with Gasteiger partial charge in [-0.15, -0.1) is 0 Å². The average Bonchev–Trinajstić information content (AvgIpc) is 2.73. The molecule has 29 heavy (non-hydrogen) atoms. The molecule has 150 valence electrons. The SMILES string of the molecule is COc1ccc(S(N)(=O)=O)cc1C(=O)NC(Cc1ccccc1)c1ccccc1. The van der Waals surface area contributed by atoms with Crippen LogP contribution in [0, 0.1) is 0 Å². The molecule has 6 nitrogen and oxygen atoms in total. The van der Waals surface area contributed by atoms with Crippen LogP contribution < -0.4 is 15.2 Å². The second-order valence-electron chi connectivity index (χ2n) is 6.53. The number of hydrogen-bond acceptors (Lipinski definition) is 4. The van der Waals surface area contributed by atoms with Crippen molar-refractivity contribution in [2.45, 2.75) is 17.4 Å². The van der Waals surface area contributed by atoms with Crippen molar-refractivity contribution in [3.63, 3.8) is 0 Å². The largest absolute Gasteiger partial charge is 0.496 e. The molecule has 0 heterocycles. The summed E-state index contributed by atoms with van der Waals surface area (Å²) in [5.74, 6) is -0.182. The molecule has 3 N–H and O–H groups in total. The molecule has 1 amide bonds. The van der Waals surface area contributed by atoms with Crippen LogP contribution in [0.3, 0.4) is 0 Å². The Morgan fingerprint density at radius 3 is 2.21 bits per heavy atom. The first kappa shape index (κ1) is 20.6. The number of methoxy groups -OCH3 is 1. The first-order valence-electron chi connectivity index (χ1n) is 8.99. The van der Waals surface area contributed by atoms with Crippen molar-refractivity contribution in [1.82, 2.24) is 5.32 Å². The van der Waals surface area contributed by atoms with Crippen molar-refractivity contribution in [2.24, 2.45) is 5.14 Å².